The average Bonchev–Trinajstić information content (AvgIpc) is 2.96. The first-order chi connectivity index (χ1) is 9.04. The lowest BCUT2D eigenvalue weighted by atomic mass is 10.1. The van der Waals surface area contributed by atoms with Crippen LogP contribution < -0.4 is 10.6 Å². The van der Waals surface area contributed by atoms with Crippen LogP contribution in [0.4, 0.5) is 4.79 Å². The fourth-order valence-corrected chi connectivity index (χ4v) is 1.96. The molecule has 0 aromatic carbocycles. The van der Waals surface area contributed by atoms with Crippen molar-refractivity contribution in [1.82, 2.24) is 10.6 Å². The monoisotopic (exact) mass is 264 g/mol. The van der Waals surface area contributed by atoms with Crippen LogP contribution in [0, 0.1) is 12.8 Å². The highest BCUT2D eigenvalue weighted by Crippen LogP contribution is 2.17. The van der Waals surface area contributed by atoms with Crippen LogP contribution in [0.3, 0.4) is 0 Å². The first-order valence-corrected chi connectivity index (χ1v) is 6.05. The van der Waals surface area contributed by atoms with Crippen molar-refractivity contribution in [2.45, 2.75) is 25.9 Å². The standard InChI is InChI=1S/C13H16N2O4/c1-8-2-5-11(19-8)7-14-13(18)15-10-4-3-9(6-10)12(16)17/h2-5,9-10H,6-7H2,1H3,(H,16,17)(H2,14,15,18). The zero-order valence-corrected chi connectivity index (χ0v) is 10.6. The fourth-order valence-electron chi connectivity index (χ4n) is 1.96. The van der Waals surface area contributed by atoms with Crippen LogP contribution >= 0.6 is 0 Å². The molecule has 6 heteroatoms. The number of hydrogen-bond donors (Lipinski definition) is 3. The Labute approximate surface area is 110 Å². The molecule has 2 unspecified atom stereocenters. The largest absolute Gasteiger partial charge is 0.481 e. The van der Waals surface area contributed by atoms with Crippen LogP contribution in [0.1, 0.15) is 17.9 Å². The number of aliphatic carboxylic acids is 1. The molecule has 2 atom stereocenters. The van der Waals surface area contributed by atoms with E-state index in [4.69, 9.17) is 9.52 Å². The van der Waals surface area contributed by atoms with E-state index in [1.165, 1.54) is 0 Å². The molecule has 0 aliphatic heterocycles. The van der Waals surface area contributed by atoms with E-state index in [9.17, 15) is 9.59 Å². The minimum absolute atomic E-state index is 0.237. The van der Waals surface area contributed by atoms with Crippen LogP contribution in [-0.2, 0) is 11.3 Å². The van der Waals surface area contributed by atoms with E-state index >= 15 is 0 Å². The fraction of sp³-hybridized carbons (Fsp3) is 0.385. The van der Waals surface area contributed by atoms with Crippen molar-refractivity contribution in [2.24, 2.45) is 5.92 Å². The van der Waals surface area contributed by atoms with Gasteiger partial charge in [0.2, 0.25) is 0 Å². The van der Waals surface area contributed by atoms with Gasteiger partial charge in [0, 0.05) is 0 Å². The molecule has 0 fully saturated rings. The van der Waals surface area contributed by atoms with E-state index in [1.54, 1.807) is 18.2 Å². The SMILES string of the molecule is Cc1ccc(CNC(=O)NC2C=CC(C(=O)O)C2)o1. The second kappa shape index (κ2) is 5.60. The highest BCUT2D eigenvalue weighted by molar-refractivity contribution is 5.76. The van der Waals surface area contributed by atoms with Gasteiger partial charge in [0.05, 0.1) is 18.5 Å². The third-order valence-corrected chi connectivity index (χ3v) is 2.94. The number of hydrogen-bond acceptors (Lipinski definition) is 3. The van der Waals surface area contributed by atoms with Gasteiger partial charge in [0.15, 0.2) is 0 Å². The zero-order chi connectivity index (χ0) is 13.8. The van der Waals surface area contributed by atoms with Crippen molar-refractivity contribution in [2.75, 3.05) is 0 Å². The Morgan fingerprint density at radius 1 is 1.42 bits per heavy atom. The smallest absolute Gasteiger partial charge is 0.315 e. The summed E-state index contributed by atoms with van der Waals surface area (Å²) in [6, 6.07) is 3.05. The van der Waals surface area contributed by atoms with Gasteiger partial charge < -0.3 is 20.2 Å². The van der Waals surface area contributed by atoms with Crippen molar-refractivity contribution < 1.29 is 19.1 Å². The molecule has 1 aromatic rings. The maximum Gasteiger partial charge on any atom is 0.315 e. The molecule has 0 radical (unpaired) electrons. The summed E-state index contributed by atoms with van der Waals surface area (Å²) in [4.78, 5) is 22.4. The zero-order valence-electron chi connectivity index (χ0n) is 10.6. The number of nitrogens with one attached hydrogen (secondary N) is 2. The first kappa shape index (κ1) is 13.2. The Morgan fingerprint density at radius 3 is 2.79 bits per heavy atom. The summed E-state index contributed by atoms with van der Waals surface area (Å²) in [6.45, 7) is 2.14. The van der Waals surface area contributed by atoms with E-state index in [1.807, 2.05) is 13.0 Å². The van der Waals surface area contributed by atoms with Crippen LogP contribution in [0.2, 0.25) is 0 Å². The Hall–Kier alpha value is -2.24. The lowest BCUT2D eigenvalue weighted by Crippen LogP contribution is -2.40. The molecule has 0 spiro atoms. The molecule has 2 rings (SSSR count). The second-order valence-electron chi connectivity index (χ2n) is 4.51. The van der Waals surface area contributed by atoms with Gasteiger partial charge in [-0.2, -0.15) is 0 Å². The molecule has 6 nitrogen and oxygen atoms in total. The highest BCUT2D eigenvalue weighted by Gasteiger charge is 2.25. The number of carbonyl (C=O) groups is 2. The number of furan rings is 1. The lowest BCUT2D eigenvalue weighted by molar-refractivity contribution is -0.140. The molecule has 1 aromatic heterocycles. The first-order valence-electron chi connectivity index (χ1n) is 6.05. The number of carboxylic acids is 1. The molecule has 1 aliphatic rings. The minimum atomic E-state index is -0.869. The number of carbonyl (C=O) groups excluding carboxylic acids is 1. The minimum Gasteiger partial charge on any atom is -0.481 e. The van der Waals surface area contributed by atoms with E-state index in [0.717, 1.165) is 5.76 Å². The normalized spacial score (nSPS) is 21.3. The van der Waals surface area contributed by atoms with Crippen molar-refractivity contribution in [3.63, 3.8) is 0 Å². The lowest BCUT2D eigenvalue weighted by Gasteiger charge is -2.12. The van der Waals surface area contributed by atoms with Crippen LogP contribution in [0.5, 0.6) is 0 Å². The predicted molar refractivity (Wildman–Crippen MR) is 67.5 cm³/mol. The average molecular weight is 264 g/mol. The maximum atomic E-state index is 11.6. The summed E-state index contributed by atoms with van der Waals surface area (Å²) in [6.07, 6.45) is 3.70. The summed E-state index contributed by atoms with van der Waals surface area (Å²) in [5, 5.41) is 14.2. The summed E-state index contributed by atoms with van der Waals surface area (Å²) < 4.78 is 5.32. The summed E-state index contributed by atoms with van der Waals surface area (Å²) in [5.41, 5.74) is 0. The van der Waals surface area contributed by atoms with Crippen LogP contribution in [0.15, 0.2) is 28.7 Å². The van der Waals surface area contributed by atoms with Gasteiger partial charge in [0.25, 0.3) is 0 Å². The Kier molecular flexibility index (Phi) is 3.89. The molecule has 102 valence electrons. The van der Waals surface area contributed by atoms with Crippen molar-refractivity contribution in [1.29, 1.82) is 0 Å². The molecule has 0 bridgehead atoms. The molecule has 2 amide bonds. The van der Waals surface area contributed by atoms with Crippen molar-refractivity contribution in [3.05, 3.63) is 35.8 Å². The molecule has 0 saturated heterocycles. The van der Waals surface area contributed by atoms with E-state index in [0.29, 0.717) is 18.7 Å². The molecular formula is C13H16N2O4. The van der Waals surface area contributed by atoms with Crippen LogP contribution in [-0.4, -0.2) is 23.1 Å². The third-order valence-electron chi connectivity index (χ3n) is 2.94. The van der Waals surface area contributed by atoms with Gasteiger partial charge in [0.1, 0.15) is 11.5 Å². The summed E-state index contributed by atoms with van der Waals surface area (Å²) in [5.74, 6) is 0.0864. The van der Waals surface area contributed by atoms with Gasteiger partial charge in [-0.15, -0.1) is 0 Å². The van der Waals surface area contributed by atoms with E-state index in [2.05, 4.69) is 10.6 Å². The number of urea groups is 1. The topological polar surface area (TPSA) is 91.6 Å². The quantitative estimate of drug-likeness (QED) is 0.717. The molecular weight excluding hydrogens is 248 g/mol. The number of carboxylic acid groups (broad SMARTS) is 1. The molecule has 19 heavy (non-hydrogen) atoms. The second-order valence-corrected chi connectivity index (χ2v) is 4.51. The molecule has 0 saturated carbocycles. The predicted octanol–water partition coefficient (Wildman–Crippen LogP) is 1.42. The number of rotatable bonds is 4. The van der Waals surface area contributed by atoms with Gasteiger partial charge in [-0.05, 0) is 25.5 Å². The van der Waals surface area contributed by atoms with Crippen molar-refractivity contribution >= 4 is 12.0 Å². The molecule has 1 aliphatic carbocycles. The van der Waals surface area contributed by atoms with Crippen LogP contribution in [0.25, 0.3) is 0 Å². The maximum absolute atomic E-state index is 11.6. The van der Waals surface area contributed by atoms with Gasteiger partial charge in [-0.25, -0.2) is 4.79 Å². The number of aryl methyl sites for hydroxylation is 1. The Bertz CT molecular complexity index is 506. The molecule has 1 heterocycles. The molecule has 3 N–H and O–H groups in total. The van der Waals surface area contributed by atoms with Crippen molar-refractivity contribution in [3.8, 4) is 0 Å². The third kappa shape index (κ3) is 3.61. The number of amides is 2. The van der Waals surface area contributed by atoms with Gasteiger partial charge in [-0.3, -0.25) is 4.79 Å². The highest BCUT2D eigenvalue weighted by atomic mass is 16.4. The Morgan fingerprint density at radius 2 is 2.21 bits per heavy atom. The van der Waals surface area contributed by atoms with E-state index in [-0.39, 0.29) is 12.1 Å². The van der Waals surface area contributed by atoms with E-state index < -0.39 is 11.9 Å². The van der Waals surface area contributed by atoms with Gasteiger partial charge in [-0.1, -0.05) is 12.2 Å². The van der Waals surface area contributed by atoms with Gasteiger partial charge >= 0.3 is 12.0 Å². The summed E-state index contributed by atoms with van der Waals surface area (Å²) in [7, 11) is 0. The summed E-state index contributed by atoms with van der Waals surface area (Å²) >= 11 is 0. The Balaban J connectivity index is 1.74.